The molecule has 0 unspecified atom stereocenters. The third kappa shape index (κ3) is 4.39. The Balaban J connectivity index is 1.79. The van der Waals surface area contributed by atoms with Gasteiger partial charge in [0.15, 0.2) is 0 Å². The normalized spacial score (nSPS) is 10.8. The Bertz CT molecular complexity index is 1010. The number of ether oxygens (including phenoxy) is 2. The number of methoxy groups -OCH3 is 2. The Hall–Kier alpha value is -3.35. The molecule has 0 saturated heterocycles. The van der Waals surface area contributed by atoms with Gasteiger partial charge in [-0.2, -0.15) is 0 Å². The second-order valence-corrected chi connectivity index (χ2v) is 6.97. The molecular weight excluding hydrogens is 368 g/mol. The lowest BCUT2D eigenvalue weighted by Gasteiger charge is -2.12. The SMILES string of the molecule is COc1ccc(CNC(=O)c2nc(C)n(-c3ccccc3C(C)C)n2)c(OC)c1. The molecule has 29 heavy (non-hydrogen) atoms. The molecule has 0 aliphatic heterocycles. The van der Waals surface area contributed by atoms with Gasteiger partial charge in [0.1, 0.15) is 17.3 Å². The average Bonchev–Trinajstić information content (AvgIpc) is 3.13. The fourth-order valence-corrected chi connectivity index (χ4v) is 3.14. The van der Waals surface area contributed by atoms with Crippen molar-refractivity contribution in [3.05, 3.63) is 65.2 Å². The Morgan fingerprint density at radius 3 is 2.59 bits per heavy atom. The highest BCUT2D eigenvalue weighted by atomic mass is 16.5. The van der Waals surface area contributed by atoms with Gasteiger partial charge in [-0.15, -0.1) is 5.10 Å². The summed E-state index contributed by atoms with van der Waals surface area (Å²) in [4.78, 5) is 17.0. The van der Waals surface area contributed by atoms with Crippen molar-refractivity contribution < 1.29 is 14.3 Å². The Morgan fingerprint density at radius 1 is 1.14 bits per heavy atom. The van der Waals surface area contributed by atoms with E-state index in [2.05, 4.69) is 35.3 Å². The maximum absolute atomic E-state index is 12.6. The maximum Gasteiger partial charge on any atom is 0.291 e. The van der Waals surface area contributed by atoms with Crippen molar-refractivity contribution >= 4 is 5.91 Å². The van der Waals surface area contributed by atoms with Gasteiger partial charge in [0.25, 0.3) is 5.91 Å². The van der Waals surface area contributed by atoms with Crippen LogP contribution in [0.25, 0.3) is 5.69 Å². The smallest absolute Gasteiger partial charge is 0.291 e. The van der Waals surface area contributed by atoms with Crippen LogP contribution in [-0.4, -0.2) is 34.9 Å². The van der Waals surface area contributed by atoms with Crippen molar-refractivity contribution in [3.8, 4) is 17.2 Å². The summed E-state index contributed by atoms with van der Waals surface area (Å²) in [6, 6.07) is 13.5. The third-order valence-electron chi connectivity index (χ3n) is 4.69. The van der Waals surface area contributed by atoms with Crippen LogP contribution in [0.1, 0.15) is 47.3 Å². The van der Waals surface area contributed by atoms with Crippen molar-refractivity contribution in [1.29, 1.82) is 0 Å². The van der Waals surface area contributed by atoms with Crippen molar-refractivity contribution in [2.24, 2.45) is 0 Å². The summed E-state index contributed by atoms with van der Waals surface area (Å²) < 4.78 is 12.3. The van der Waals surface area contributed by atoms with Crippen LogP contribution in [0.4, 0.5) is 0 Å². The van der Waals surface area contributed by atoms with Gasteiger partial charge in [0.2, 0.25) is 5.82 Å². The quantitative estimate of drug-likeness (QED) is 0.662. The molecule has 0 aliphatic rings. The second kappa shape index (κ2) is 8.77. The lowest BCUT2D eigenvalue weighted by atomic mass is 10.0. The summed E-state index contributed by atoms with van der Waals surface area (Å²) >= 11 is 0. The molecule has 0 radical (unpaired) electrons. The zero-order chi connectivity index (χ0) is 21.0. The van der Waals surface area contributed by atoms with Crippen LogP contribution in [0, 0.1) is 6.92 Å². The monoisotopic (exact) mass is 394 g/mol. The minimum Gasteiger partial charge on any atom is -0.497 e. The fourth-order valence-electron chi connectivity index (χ4n) is 3.14. The number of nitrogens with one attached hydrogen (secondary N) is 1. The number of carbonyl (C=O) groups is 1. The van der Waals surface area contributed by atoms with Crippen LogP contribution in [0.3, 0.4) is 0 Å². The van der Waals surface area contributed by atoms with Gasteiger partial charge in [-0.25, -0.2) is 9.67 Å². The Kier molecular flexibility index (Phi) is 6.16. The molecule has 0 bridgehead atoms. The Morgan fingerprint density at radius 2 is 1.90 bits per heavy atom. The van der Waals surface area contributed by atoms with E-state index < -0.39 is 0 Å². The molecule has 0 saturated carbocycles. The number of para-hydroxylation sites is 1. The number of benzene rings is 2. The molecular formula is C22H26N4O3. The predicted octanol–water partition coefficient (Wildman–Crippen LogP) is 3.65. The van der Waals surface area contributed by atoms with Crippen LogP contribution in [0.15, 0.2) is 42.5 Å². The lowest BCUT2D eigenvalue weighted by Crippen LogP contribution is -2.24. The standard InChI is InChI=1S/C22H26N4O3/c1-14(2)18-8-6-7-9-19(18)26-15(3)24-21(25-26)22(27)23-13-16-10-11-17(28-4)12-20(16)29-5/h6-12,14H,13H2,1-5H3,(H,23,27). The van der Waals surface area contributed by atoms with Crippen molar-refractivity contribution in [2.75, 3.05) is 14.2 Å². The predicted molar refractivity (Wildman–Crippen MR) is 111 cm³/mol. The van der Waals surface area contributed by atoms with Gasteiger partial charge in [-0.1, -0.05) is 32.0 Å². The number of amides is 1. The highest BCUT2D eigenvalue weighted by molar-refractivity contribution is 5.90. The van der Waals surface area contributed by atoms with E-state index in [1.165, 1.54) is 0 Å². The molecule has 152 valence electrons. The summed E-state index contributed by atoms with van der Waals surface area (Å²) in [5.74, 6) is 2.11. The van der Waals surface area contributed by atoms with E-state index in [0.29, 0.717) is 29.8 Å². The largest absolute Gasteiger partial charge is 0.497 e. The first kappa shape index (κ1) is 20.4. The molecule has 1 heterocycles. The first-order chi connectivity index (χ1) is 13.9. The molecule has 0 spiro atoms. The molecule has 7 nitrogen and oxygen atoms in total. The molecule has 0 atom stereocenters. The van der Waals surface area contributed by atoms with Crippen molar-refractivity contribution in [1.82, 2.24) is 20.1 Å². The van der Waals surface area contributed by atoms with Gasteiger partial charge >= 0.3 is 0 Å². The van der Waals surface area contributed by atoms with Crippen LogP contribution in [0.5, 0.6) is 11.5 Å². The second-order valence-electron chi connectivity index (χ2n) is 6.97. The van der Waals surface area contributed by atoms with Crippen LogP contribution < -0.4 is 14.8 Å². The highest BCUT2D eigenvalue weighted by Gasteiger charge is 2.18. The van der Waals surface area contributed by atoms with Crippen LogP contribution >= 0.6 is 0 Å². The molecule has 0 aliphatic carbocycles. The fraction of sp³-hybridized carbons (Fsp3) is 0.318. The van der Waals surface area contributed by atoms with Crippen molar-refractivity contribution in [2.45, 2.75) is 33.2 Å². The molecule has 1 amide bonds. The molecule has 7 heteroatoms. The third-order valence-corrected chi connectivity index (χ3v) is 4.69. The van der Waals surface area contributed by atoms with Crippen LogP contribution in [0.2, 0.25) is 0 Å². The van der Waals surface area contributed by atoms with E-state index in [-0.39, 0.29) is 11.7 Å². The number of nitrogens with zero attached hydrogens (tertiary/aromatic N) is 3. The summed E-state index contributed by atoms with van der Waals surface area (Å²) in [5, 5.41) is 7.31. The van der Waals surface area contributed by atoms with E-state index >= 15 is 0 Å². The van der Waals surface area contributed by atoms with Gasteiger partial charge in [-0.05, 0) is 36.6 Å². The van der Waals surface area contributed by atoms with E-state index in [0.717, 1.165) is 16.8 Å². The summed E-state index contributed by atoms with van der Waals surface area (Å²) in [6.45, 7) is 6.39. The number of aromatic nitrogens is 3. The van der Waals surface area contributed by atoms with Gasteiger partial charge < -0.3 is 14.8 Å². The summed E-state index contributed by atoms with van der Waals surface area (Å²) in [6.07, 6.45) is 0. The highest BCUT2D eigenvalue weighted by Crippen LogP contribution is 2.25. The van der Waals surface area contributed by atoms with E-state index in [1.807, 2.05) is 37.3 Å². The maximum atomic E-state index is 12.6. The topological polar surface area (TPSA) is 78.3 Å². The molecule has 0 fully saturated rings. The molecule has 3 rings (SSSR count). The lowest BCUT2D eigenvalue weighted by molar-refractivity contribution is 0.0940. The summed E-state index contributed by atoms with van der Waals surface area (Å²) in [7, 11) is 3.18. The van der Waals surface area contributed by atoms with Gasteiger partial charge in [-0.3, -0.25) is 4.79 Å². The van der Waals surface area contributed by atoms with Gasteiger partial charge in [0.05, 0.1) is 19.9 Å². The number of hydrogen-bond donors (Lipinski definition) is 1. The molecule has 3 aromatic rings. The molecule has 1 N–H and O–H groups in total. The number of aryl methyl sites for hydroxylation is 1. The van der Waals surface area contributed by atoms with E-state index in [9.17, 15) is 4.79 Å². The van der Waals surface area contributed by atoms with Crippen molar-refractivity contribution in [3.63, 3.8) is 0 Å². The van der Waals surface area contributed by atoms with E-state index in [4.69, 9.17) is 9.47 Å². The zero-order valence-corrected chi connectivity index (χ0v) is 17.4. The molecule has 2 aromatic carbocycles. The average molecular weight is 394 g/mol. The number of hydrogen-bond acceptors (Lipinski definition) is 5. The summed E-state index contributed by atoms with van der Waals surface area (Å²) in [5.41, 5.74) is 2.92. The minimum absolute atomic E-state index is 0.133. The number of carbonyl (C=O) groups excluding carboxylic acids is 1. The Labute approximate surface area is 170 Å². The minimum atomic E-state index is -0.341. The van der Waals surface area contributed by atoms with Gasteiger partial charge in [0, 0.05) is 18.2 Å². The molecule has 1 aromatic heterocycles. The number of rotatable bonds is 7. The zero-order valence-electron chi connectivity index (χ0n) is 17.4. The first-order valence-electron chi connectivity index (χ1n) is 9.46. The van der Waals surface area contributed by atoms with E-state index in [1.54, 1.807) is 25.0 Å². The first-order valence-corrected chi connectivity index (χ1v) is 9.46. The van der Waals surface area contributed by atoms with Crippen LogP contribution in [-0.2, 0) is 6.54 Å².